The molecule has 162 valence electrons. The van der Waals surface area contributed by atoms with Crippen LogP contribution in [0.15, 0.2) is 53.3 Å². The summed E-state index contributed by atoms with van der Waals surface area (Å²) in [5.41, 5.74) is 0.899. The van der Waals surface area contributed by atoms with Crippen LogP contribution in [0, 0.1) is 5.92 Å². The van der Waals surface area contributed by atoms with E-state index in [-0.39, 0.29) is 23.1 Å². The second-order valence-electron chi connectivity index (χ2n) is 7.80. The van der Waals surface area contributed by atoms with Crippen LogP contribution < -0.4 is 10.9 Å². The largest absolute Gasteiger partial charge is 0.462 e. The molecule has 0 saturated heterocycles. The first-order valence-electron chi connectivity index (χ1n) is 10.5. The minimum Gasteiger partial charge on any atom is -0.462 e. The molecule has 7 nitrogen and oxygen atoms in total. The van der Waals surface area contributed by atoms with E-state index < -0.39 is 5.91 Å². The first kappa shape index (κ1) is 22.2. The molecule has 0 saturated carbocycles. The van der Waals surface area contributed by atoms with Gasteiger partial charge in [-0.15, -0.1) is 0 Å². The van der Waals surface area contributed by atoms with Crippen molar-refractivity contribution in [2.75, 3.05) is 11.9 Å². The van der Waals surface area contributed by atoms with E-state index in [1.165, 1.54) is 4.68 Å². The van der Waals surface area contributed by atoms with E-state index in [9.17, 15) is 14.4 Å². The highest BCUT2D eigenvalue weighted by molar-refractivity contribution is 6.11. The number of aromatic nitrogens is 2. The van der Waals surface area contributed by atoms with Crippen LogP contribution in [0.25, 0.3) is 10.8 Å². The van der Waals surface area contributed by atoms with E-state index >= 15 is 0 Å². The van der Waals surface area contributed by atoms with Gasteiger partial charge in [0.25, 0.3) is 11.5 Å². The van der Waals surface area contributed by atoms with Crippen molar-refractivity contribution in [3.05, 3.63) is 70.1 Å². The van der Waals surface area contributed by atoms with E-state index in [0.29, 0.717) is 35.2 Å². The summed E-state index contributed by atoms with van der Waals surface area (Å²) in [6.45, 7) is 6.80. The quantitative estimate of drug-likeness (QED) is 0.433. The smallest absolute Gasteiger partial charge is 0.338 e. The average Bonchev–Trinajstić information content (AvgIpc) is 2.76. The van der Waals surface area contributed by atoms with Crippen LogP contribution in [-0.2, 0) is 11.3 Å². The lowest BCUT2D eigenvalue weighted by molar-refractivity contribution is 0.0499. The first-order valence-corrected chi connectivity index (χ1v) is 10.5. The van der Waals surface area contributed by atoms with E-state index in [1.54, 1.807) is 48.5 Å². The number of hydrogen-bond donors (Lipinski definition) is 1. The van der Waals surface area contributed by atoms with Gasteiger partial charge in [0.2, 0.25) is 0 Å². The molecule has 1 N–H and O–H groups in total. The predicted molar refractivity (Wildman–Crippen MR) is 120 cm³/mol. The molecule has 0 atom stereocenters. The number of esters is 1. The number of carbonyl (C=O) groups excluding carboxylic acids is 2. The highest BCUT2D eigenvalue weighted by Gasteiger charge is 2.17. The van der Waals surface area contributed by atoms with Crippen molar-refractivity contribution in [1.82, 2.24) is 9.78 Å². The molecule has 1 heterocycles. The number of unbranched alkanes of at least 4 members (excludes halogenated alkanes) is 1. The molecule has 0 bridgehead atoms. The molecule has 0 aliphatic carbocycles. The Kier molecular flexibility index (Phi) is 7.18. The zero-order valence-corrected chi connectivity index (χ0v) is 18.1. The molecule has 3 rings (SSSR count). The Morgan fingerprint density at radius 3 is 2.39 bits per heavy atom. The van der Waals surface area contributed by atoms with Crippen LogP contribution in [0.5, 0.6) is 0 Å². The summed E-state index contributed by atoms with van der Waals surface area (Å²) in [5.74, 6) is -0.612. The number of nitrogens with zero attached hydrogens (tertiary/aromatic N) is 2. The lowest BCUT2D eigenvalue weighted by Gasteiger charge is -2.13. The standard InChI is InChI=1S/C24H27N3O4/c1-4-5-14-31-24(30)17-10-12-18(13-11-17)25-22(28)21-19-8-6-7-9-20(19)23(29)27(26-21)15-16(2)3/h6-13,16H,4-5,14-15H2,1-3H3,(H,25,28). The Morgan fingerprint density at radius 2 is 1.74 bits per heavy atom. The van der Waals surface area contributed by atoms with Crippen molar-refractivity contribution >= 4 is 28.3 Å². The predicted octanol–water partition coefficient (Wildman–Crippen LogP) is 4.26. The van der Waals surface area contributed by atoms with E-state index in [2.05, 4.69) is 10.4 Å². The number of nitrogens with one attached hydrogen (secondary N) is 1. The molecule has 1 amide bonds. The molecule has 7 heteroatoms. The second kappa shape index (κ2) is 10.0. The van der Waals surface area contributed by atoms with Crippen LogP contribution >= 0.6 is 0 Å². The number of carbonyl (C=O) groups is 2. The molecule has 0 aliphatic heterocycles. The van der Waals surface area contributed by atoms with Crippen molar-refractivity contribution in [3.63, 3.8) is 0 Å². The van der Waals surface area contributed by atoms with Crippen molar-refractivity contribution < 1.29 is 14.3 Å². The molecule has 1 aromatic heterocycles. The zero-order chi connectivity index (χ0) is 22.4. The highest BCUT2D eigenvalue weighted by atomic mass is 16.5. The van der Waals surface area contributed by atoms with E-state index in [1.807, 2.05) is 20.8 Å². The molecule has 31 heavy (non-hydrogen) atoms. The topological polar surface area (TPSA) is 90.3 Å². The number of hydrogen-bond acceptors (Lipinski definition) is 5. The van der Waals surface area contributed by atoms with Crippen LogP contribution in [0.4, 0.5) is 5.69 Å². The molecule has 2 aromatic carbocycles. The van der Waals surface area contributed by atoms with Gasteiger partial charge in [-0.05, 0) is 42.7 Å². The minimum absolute atomic E-state index is 0.180. The van der Waals surface area contributed by atoms with Crippen LogP contribution in [-0.4, -0.2) is 28.3 Å². The third-order valence-corrected chi connectivity index (χ3v) is 4.73. The number of fused-ring (bicyclic) bond motifs is 1. The molecule has 0 radical (unpaired) electrons. The fourth-order valence-electron chi connectivity index (χ4n) is 3.14. The second-order valence-corrected chi connectivity index (χ2v) is 7.80. The van der Waals surface area contributed by atoms with Crippen LogP contribution in [0.3, 0.4) is 0 Å². The summed E-state index contributed by atoms with van der Waals surface area (Å²) in [6.07, 6.45) is 1.77. The molecule has 3 aromatic rings. The maximum absolute atomic E-state index is 13.0. The molecule has 0 aliphatic rings. The van der Waals surface area contributed by atoms with Crippen LogP contribution in [0.1, 0.15) is 54.5 Å². The first-order chi connectivity index (χ1) is 14.9. The van der Waals surface area contributed by atoms with Gasteiger partial charge in [-0.2, -0.15) is 5.10 Å². The van der Waals surface area contributed by atoms with Gasteiger partial charge in [0, 0.05) is 17.6 Å². The monoisotopic (exact) mass is 421 g/mol. The Balaban J connectivity index is 1.84. The summed E-state index contributed by atoms with van der Waals surface area (Å²) in [4.78, 5) is 37.7. The van der Waals surface area contributed by atoms with Crippen molar-refractivity contribution in [1.29, 1.82) is 0 Å². The number of amides is 1. The fourth-order valence-corrected chi connectivity index (χ4v) is 3.14. The molecular formula is C24H27N3O4. The lowest BCUT2D eigenvalue weighted by atomic mass is 10.1. The summed E-state index contributed by atoms with van der Waals surface area (Å²) in [6, 6.07) is 13.4. The number of ether oxygens (including phenoxy) is 1. The maximum Gasteiger partial charge on any atom is 0.338 e. The number of benzene rings is 2. The number of rotatable bonds is 8. The van der Waals surface area contributed by atoms with Gasteiger partial charge < -0.3 is 10.1 Å². The van der Waals surface area contributed by atoms with Gasteiger partial charge in [0.1, 0.15) is 0 Å². The molecule has 0 unspecified atom stereocenters. The Labute approximate surface area is 181 Å². The van der Waals surface area contributed by atoms with Gasteiger partial charge in [-0.1, -0.05) is 45.4 Å². The van der Waals surface area contributed by atoms with Crippen LogP contribution in [0.2, 0.25) is 0 Å². The van der Waals surface area contributed by atoms with Gasteiger partial charge in [0.15, 0.2) is 5.69 Å². The highest BCUT2D eigenvalue weighted by Crippen LogP contribution is 2.17. The Bertz CT molecular complexity index is 1130. The third-order valence-electron chi connectivity index (χ3n) is 4.73. The molecule has 0 fully saturated rings. The zero-order valence-electron chi connectivity index (χ0n) is 18.1. The summed E-state index contributed by atoms with van der Waals surface area (Å²) in [5, 5.41) is 8.10. The third kappa shape index (κ3) is 5.36. The SMILES string of the molecule is CCCCOC(=O)c1ccc(NC(=O)c2nn(CC(C)C)c(=O)c3ccccc23)cc1. The Hall–Kier alpha value is -3.48. The Morgan fingerprint density at radius 1 is 1.06 bits per heavy atom. The normalized spacial score (nSPS) is 11.0. The summed E-state index contributed by atoms with van der Waals surface area (Å²) in [7, 11) is 0. The van der Waals surface area contributed by atoms with Crippen molar-refractivity contribution in [2.45, 2.75) is 40.2 Å². The lowest BCUT2D eigenvalue weighted by Crippen LogP contribution is -2.29. The fraction of sp³-hybridized carbons (Fsp3) is 0.333. The molecular weight excluding hydrogens is 394 g/mol. The van der Waals surface area contributed by atoms with Gasteiger partial charge in [-0.25, -0.2) is 9.48 Å². The summed E-state index contributed by atoms with van der Waals surface area (Å²) < 4.78 is 6.54. The van der Waals surface area contributed by atoms with Crippen molar-refractivity contribution in [2.24, 2.45) is 5.92 Å². The number of anilines is 1. The van der Waals surface area contributed by atoms with Gasteiger partial charge >= 0.3 is 5.97 Å². The van der Waals surface area contributed by atoms with Crippen molar-refractivity contribution in [3.8, 4) is 0 Å². The van der Waals surface area contributed by atoms with E-state index in [4.69, 9.17) is 4.74 Å². The molecule has 0 spiro atoms. The summed E-state index contributed by atoms with van der Waals surface area (Å²) >= 11 is 0. The van der Waals surface area contributed by atoms with E-state index in [0.717, 1.165) is 12.8 Å². The average molecular weight is 421 g/mol. The minimum atomic E-state index is -0.424. The van der Waals surface area contributed by atoms with Gasteiger partial charge in [0.05, 0.1) is 17.6 Å². The van der Waals surface area contributed by atoms with Gasteiger partial charge in [-0.3, -0.25) is 9.59 Å². The maximum atomic E-state index is 13.0.